The molecule has 0 saturated carbocycles. The fourth-order valence-corrected chi connectivity index (χ4v) is 2.83. The molecule has 3 aromatic rings. The summed E-state index contributed by atoms with van der Waals surface area (Å²) < 4.78 is 16.2. The van der Waals surface area contributed by atoms with Crippen molar-refractivity contribution in [1.82, 2.24) is 5.32 Å². The smallest absolute Gasteiger partial charge is 0.280 e. The molecule has 3 rings (SSSR count). The Morgan fingerprint density at radius 3 is 2.62 bits per heavy atom. The second-order valence-electron chi connectivity index (χ2n) is 6.53. The maximum Gasteiger partial charge on any atom is 0.280 e. The number of rotatable bonds is 9. The van der Waals surface area contributed by atoms with Gasteiger partial charge >= 0.3 is 0 Å². The molecule has 0 bridgehead atoms. The number of carbonyl (C=O) groups is 1. The van der Waals surface area contributed by atoms with Crippen molar-refractivity contribution in [2.45, 2.75) is 13.2 Å². The molecule has 1 amide bonds. The lowest BCUT2D eigenvalue weighted by Crippen LogP contribution is -2.23. The van der Waals surface area contributed by atoms with Crippen molar-refractivity contribution < 1.29 is 23.6 Å². The topological polar surface area (TPSA) is 128 Å². The van der Waals surface area contributed by atoms with Gasteiger partial charge in [0, 0.05) is 0 Å². The summed E-state index contributed by atoms with van der Waals surface area (Å²) in [5, 5.41) is 23.6. The van der Waals surface area contributed by atoms with Crippen LogP contribution in [0.3, 0.4) is 0 Å². The second kappa shape index (κ2) is 10.4. The van der Waals surface area contributed by atoms with Crippen LogP contribution in [0.2, 0.25) is 0 Å². The molecule has 2 aromatic carbocycles. The maximum atomic E-state index is 12.4. The van der Waals surface area contributed by atoms with E-state index in [1.54, 1.807) is 18.2 Å². The van der Waals surface area contributed by atoms with E-state index in [-0.39, 0.29) is 41.5 Å². The zero-order chi connectivity index (χ0) is 22.9. The minimum absolute atomic E-state index is 0.0311. The zero-order valence-corrected chi connectivity index (χ0v) is 17.1. The lowest BCUT2D eigenvalue weighted by atomic mass is 10.1. The van der Waals surface area contributed by atoms with Crippen LogP contribution in [0.15, 0.2) is 70.9 Å². The number of nitro benzene ring substituents is 1. The molecule has 9 heteroatoms. The number of amides is 1. The van der Waals surface area contributed by atoms with Crippen LogP contribution >= 0.6 is 0 Å². The van der Waals surface area contributed by atoms with E-state index in [1.165, 1.54) is 25.5 Å². The monoisotopic (exact) mass is 433 g/mol. The number of carbonyl (C=O) groups excluding carboxylic acids is 1. The highest BCUT2D eigenvalue weighted by Gasteiger charge is 2.21. The van der Waals surface area contributed by atoms with Crippen LogP contribution < -0.4 is 14.8 Å². The zero-order valence-electron chi connectivity index (χ0n) is 17.1. The summed E-state index contributed by atoms with van der Waals surface area (Å²) in [5.41, 5.74) is 0.268. The van der Waals surface area contributed by atoms with Gasteiger partial charge in [0.05, 0.1) is 36.5 Å². The first-order valence-electron chi connectivity index (χ1n) is 9.47. The molecule has 0 atom stereocenters. The lowest BCUT2D eigenvalue weighted by molar-refractivity contribution is -0.385. The number of nitrogens with zero attached hydrogens (tertiary/aromatic N) is 2. The van der Waals surface area contributed by atoms with Crippen LogP contribution in [0.25, 0.3) is 6.08 Å². The van der Waals surface area contributed by atoms with Gasteiger partial charge in [-0.3, -0.25) is 14.9 Å². The molecule has 9 nitrogen and oxygen atoms in total. The Morgan fingerprint density at radius 1 is 1.22 bits per heavy atom. The van der Waals surface area contributed by atoms with E-state index in [9.17, 15) is 20.2 Å². The third kappa shape index (κ3) is 5.52. The molecule has 1 heterocycles. The van der Waals surface area contributed by atoms with Crippen LogP contribution in [-0.2, 0) is 17.9 Å². The van der Waals surface area contributed by atoms with Crippen molar-refractivity contribution in [1.29, 1.82) is 5.26 Å². The third-order valence-electron chi connectivity index (χ3n) is 4.41. The Bertz CT molecular complexity index is 1160. The molecule has 0 aliphatic rings. The van der Waals surface area contributed by atoms with Gasteiger partial charge in [0.2, 0.25) is 0 Å². The average molecular weight is 433 g/mol. The summed E-state index contributed by atoms with van der Waals surface area (Å²) in [6, 6.07) is 17.0. The molecule has 1 aromatic heterocycles. The van der Waals surface area contributed by atoms with E-state index < -0.39 is 10.8 Å². The molecule has 0 radical (unpaired) electrons. The minimum Gasteiger partial charge on any atom is -0.493 e. The Hall–Kier alpha value is -4.58. The fourth-order valence-electron chi connectivity index (χ4n) is 2.83. The average Bonchev–Trinajstić information content (AvgIpc) is 3.33. The number of methoxy groups -OCH3 is 1. The van der Waals surface area contributed by atoms with Gasteiger partial charge in [-0.1, -0.05) is 30.3 Å². The summed E-state index contributed by atoms with van der Waals surface area (Å²) >= 11 is 0. The Morgan fingerprint density at radius 2 is 2.00 bits per heavy atom. The summed E-state index contributed by atoms with van der Waals surface area (Å²) in [5.74, 6) is 0.205. The van der Waals surface area contributed by atoms with E-state index in [0.717, 1.165) is 11.6 Å². The van der Waals surface area contributed by atoms with Crippen molar-refractivity contribution >= 4 is 17.7 Å². The molecule has 0 unspecified atom stereocenters. The Balaban J connectivity index is 1.87. The van der Waals surface area contributed by atoms with E-state index in [0.29, 0.717) is 5.76 Å². The van der Waals surface area contributed by atoms with Gasteiger partial charge in [-0.05, 0) is 29.8 Å². The fraction of sp³-hybridized carbons (Fsp3) is 0.130. The molecular weight excluding hydrogens is 414 g/mol. The number of nitro groups is 1. The number of benzene rings is 2. The van der Waals surface area contributed by atoms with Gasteiger partial charge in [-0.2, -0.15) is 5.26 Å². The van der Waals surface area contributed by atoms with Crippen molar-refractivity contribution in [2.75, 3.05) is 7.11 Å². The van der Waals surface area contributed by atoms with E-state index >= 15 is 0 Å². The van der Waals surface area contributed by atoms with Crippen LogP contribution in [0.1, 0.15) is 16.9 Å². The first-order chi connectivity index (χ1) is 15.5. The molecular formula is C23H19N3O6. The lowest BCUT2D eigenvalue weighted by Gasteiger charge is -2.12. The minimum atomic E-state index is -0.693. The molecule has 32 heavy (non-hydrogen) atoms. The Labute approximate surface area is 183 Å². The number of hydrogen-bond acceptors (Lipinski definition) is 7. The molecule has 0 fully saturated rings. The van der Waals surface area contributed by atoms with E-state index in [4.69, 9.17) is 13.9 Å². The van der Waals surface area contributed by atoms with Crippen molar-refractivity contribution in [3.05, 3.63) is 93.4 Å². The molecule has 0 saturated heterocycles. The third-order valence-corrected chi connectivity index (χ3v) is 4.41. The predicted octanol–water partition coefficient (Wildman–Crippen LogP) is 4.00. The Kier molecular flexibility index (Phi) is 7.22. The van der Waals surface area contributed by atoms with Crippen LogP contribution in [0.5, 0.6) is 11.5 Å². The first-order valence-corrected chi connectivity index (χ1v) is 9.47. The molecule has 1 N–H and O–H groups in total. The van der Waals surface area contributed by atoms with Gasteiger partial charge in [0.15, 0.2) is 11.5 Å². The predicted molar refractivity (Wildman–Crippen MR) is 115 cm³/mol. The summed E-state index contributed by atoms with van der Waals surface area (Å²) in [4.78, 5) is 23.4. The number of ether oxygens (including phenoxy) is 2. The second-order valence-corrected chi connectivity index (χ2v) is 6.53. The van der Waals surface area contributed by atoms with Gasteiger partial charge in [0.25, 0.3) is 11.6 Å². The molecule has 0 aliphatic carbocycles. The van der Waals surface area contributed by atoms with Crippen LogP contribution in [0.4, 0.5) is 5.69 Å². The van der Waals surface area contributed by atoms with Crippen molar-refractivity contribution in [3.63, 3.8) is 0 Å². The van der Waals surface area contributed by atoms with Gasteiger partial charge < -0.3 is 19.2 Å². The quantitative estimate of drug-likeness (QED) is 0.234. The summed E-state index contributed by atoms with van der Waals surface area (Å²) in [6.07, 6.45) is 2.60. The normalized spacial score (nSPS) is 10.8. The molecule has 162 valence electrons. The number of nitriles is 1. The number of nitrogens with one attached hydrogen (secondary N) is 1. The summed E-state index contributed by atoms with van der Waals surface area (Å²) in [6.45, 7) is 0.255. The summed E-state index contributed by atoms with van der Waals surface area (Å²) in [7, 11) is 1.39. The molecule has 0 spiro atoms. The maximum absolute atomic E-state index is 12.4. The van der Waals surface area contributed by atoms with E-state index in [1.807, 2.05) is 30.3 Å². The van der Waals surface area contributed by atoms with Crippen LogP contribution in [0, 0.1) is 21.4 Å². The number of hydrogen-bond donors (Lipinski definition) is 1. The van der Waals surface area contributed by atoms with Gasteiger partial charge in [-0.25, -0.2) is 0 Å². The van der Waals surface area contributed by atoms with Crippen LogP contribution in [-0.4, -0.2) is 17.9 Å². The van der Waals surface area contributed by atoms with Gasteiger partial charge in [-0.15, -0.1) is 0 Å². The van der Waals surface area contributed by atoms with Gasteiger partial charge in [0.1, 0.15) is 24.0 Å². The van der Waals surface area contributed by atoms with Crippen molar-refractivity contribution in [2.24, 2.45) is 0 Å². The highest BCUT2D eigenvalue weighted by atomic mass is 16.6. The SMILES string of the molecule is COc1cc(/C=C(\C#N)C(=O)NCc2ccco2)c([N+](=O)[O-])cc1OCc1ccccc1. The highest BCUT2D eigenvalue weighted by molar-refractivity contribution is 6.02. The van der Waals surface area contributed by atoms with Crippen molar-refractivity contribution in [3.8, 4) is 17.6 Å². The highest BCUT2D eigenvalue weighted by Crippen LogP contribution is 2.36. The largest absolute Gasteiger partial charge is 0.493 e. The molecule has 0 aliphatic heterocycles. The standard InChI is InChI=1S/C23H19N3O6/c1-30-21-11-17(10-18(13-24)23(27)25-14-19-8-5-9-31-19)20(26(28)29)12-22(21)32-15-16-6-3-2-4-7-16/h2-12H,14-15H2,1H3,(H,25,27)/b18-10+. The number of furan rings is 1. The first kappa shape index (κ1) is 22.1. The van der Waals surface area contributed by atoms with E-state index in [2.05, 4.69) is 5.32 Å².